The molecule has 0 saturated carbocycles. The van der Waals surface area contributed by atoms with E-state index in [0.717, 1.165) is 18.5 Å². The Morgan fingerprint density at radius 3 is 2.63 bits per heavy atom. The van der Waals surface area contributed by atoms with Crippen LogP contribution in [0.25, 0.3) is 0 Å². The number of carbonyl (C=O) groups excluding carboxylic acids is 2. The first-order chi connectivity index (χ1) is 13.1. The van der Waals surface area contributed by atoms with Gasteiger partial charge in [0.05, 0.1) is 24.8 Å². The molecule has 2 aliphatic rings. The second kappa shape index (κ2) is 9.19. The molecular formula is C20H29N3O4. The van der Waals surface area contributed by atoms with Crippen molar-refractivity contribution in [2.45, 2.75) is 31.3 Å². The number of nitrogens with zero attached hydrogens (tertiary/aromatic N) is 2. The Hall–Kier alpha value is -2.12. The Labute approximate surface area is 160 Å². The smallest absolute Gasteiger partial charge is 0.256 e. The molecule has 2 heterocycles. The lowest BCUT2D eigenvalue weighted by atomic mass is 10.1. The van der Waals surface area contributed by atoms with Gasteiger partial charge in [-0.2, -0.15) is 0 Å². The lowest BCUT2D eigenvalue weighted by Gasteiger charge is -2.36. The monoisotopic (exact) mass is 375 g/mol. The number of amides is 2. The van der Waals surface area contributed by atoms with Crippen LogP contribution in [0.4, 0.5) is 5.69 Å². The van der Waals surface area contributed by atoms with Crippen LogP contribution >= 0.6 is 0 Å². The van der Waals surface area contributed by atoms with Crippen LogP contribution in [0.15, 0.2) is 24.3 Å². The molecule has 148 valence electrons. The number of carbonyl (C=O) groups is 2. The standard InChI is InChI=1S/C20H29N3O4/c1-22(2)18-6-4-3-5-17(18)20(25)23-9-12-27-14-16(23)13-19(24)21-15-7-10-26-11-8-15/h3-6,15-16H,7-14H2,1-2H3,(H,21,24)/t16-/m0/s1. The summed E-state index contributed by atoms with van der Waals surface area (Å²) in [5, 5.41) is 3.07. The van der Waals surface area contributed by atoms with Gasteiger partial charge in [-0.25, -0.2) is 0 Å². The van der Waals surface area contributed by atoms with Gasteiger partial charge in [-0.05, 0) is 25.0 Å². The minimum absolute atomic E-state index is 0.0314. The number of morpholine rings is 1. The molecule has 1 aromatic carbocycles. The third kappa shape index (κ3) is 4.99. The molecule has 0 bridgehead atoms. The van der Waals surface area contributed by atoms with Crippen LogP contribution in [-0.4, -0.2) is 75.9 Å². The topological polar surface area (TPSA) is 71.1 Å². The number of hydrogen-bond donors (Lipinski definition) is 1. The van der Waals surface area contributed by atoms with Crippen LogP contribution in [0.1, 0.15) is 29.6 Å². The number of ether oxygens (including phenoxy) is 2. The van der Waals surface area contributed by atoms with Crippen LogP contribution in [0.5, 0.6) is 0 Å². The van der Waals surface area contributed by atoms with Crippen molar-refractivity contribution in [3.8, 4) is 0 Å². The van der Waals surface area contributed by atoms with Gasteiger partial charge in [-0.15, -0.1) is 0 Å². The SMILES string of the molecule is CN(C)c1ccccc1C(=O)N1CCOC[C@@H]1CC(=O)NC1CCOCC1. The molecule has 1 atom stereocenters. The molecular weight excluding hydrogens is 346 g/mol. The van der Waals surface area contributed by atoms with E-state index in [4.69, 9.17) is 9.47 Å². The first-order valence-electron chi connectivity index (χ1n) is 9.58. The summed E-state index contributed by atoms with van der Waals surface area (Å²) in [6, 6.07) is 7.47. The first-order valence-corrected chi connectivity index (χ1v) is 9.58. The van der Waals surface area contributed by atoms with E-state index in [1.807, 2.05) is 43.3 Å². The molecule has 0 unspecified atom stereocenters. The Bertz CT molecular complexity index is 658. The highest BCUT2D eigenvalue weighted by molar-refractivity contribution is 6.00. The molecule has 2 aliphatic heterocycles. The normalized spacial score (nSPS) is 21.0. The maximum absolute atomic E-state index is 13.2. The van der Waals surface area contributed by atoms with Gasteiger partial charge in [0.1, 0.15) is 0 Å². The minimum Gasteiger partial charge on any atom is -0.381 e. The molecule has 0 aromatic heterocycles. The summed E-state index contributed by atoms with van der Waals surface area (Å²) in [4.78, 5) is 29.4. The molecule has 27 heavy (non-hydrogen) atoms. The Balaban J connectivity index is 1.68. The maximum Gasteiger partial charge on any atom is 0.256 e. The van der Waals surface area contributed by atoms with E-state index in [0.29, 0.717) is 38.5 Å². The van der Waals surface area contributed by atoms with Crippen molar-refractivity contribution in [3.05, 3.63) is 29.8 Å². The quantitative estimate of drug-likeness (QED) is 0.840. The fourth-order valence-electron chi connectivity index (χ4n) is 3.63. The van der Waals surface area contributed by atoms with E-state index in [1.165, 1.54) is 0 Å². The maximum atomic E-state index is 13.2. The summed E-state index contributed by atoms with van der Waals surface area (Å²) in [5.41, 5.74) is 1.53. The number of hydrogen-bond acceptors (Lipinski definition) is 5. The van der Waals surface area contributed by atoms with Gasteiger partial charge < -0.3 is 24.6 Å². The molecule has 3 rings (SSSR count). The molecule has 0 aliphatic carbocycles. The average Bonchev–Trinajstić information content (AvgIpc) is 2.68. The van der Waals surface area contributed by atoms with E-state index in [2.05, 4.69) is 5.32 Å². The van der Waals surface area contributed by atoms with E-state index in [1.54, 1.807) is 4.90 Å². The number of rotatable bonds is 5. The first kappa shape index (κ1) is 19.6. The van der Waals surface area contributed by atoms with Gasteiger partial charge in [-0.1, -0.05) is 12.1 Å². The van der Waals surface area contributed by atoms with Crippen molar-refractivity contribution in [3.63, 3.8) is 0 Å². The van der Waals surface area contributed by atoms with Crippen molar-refractivity contribution < 1.29 is 19.1 Å². The van der Waals surface area contributed by atoms with Crippen molar-refractivity contribution >= 4 is 17.5 Å². The highest BCUT2D eigenvalue weighted by Gasteiger charge is 2.31. The lowest BCUT2D eigenvalue weighted by molar-refractivity contribution is -0.124. The summed E-state index contributed by atoms with van der Waals surface area (Å²) in [7, 11) is 3.84. The Morgan fingerprint density at radius 1 is 1.15 bits per heavy atom. The van der Waals surface area contributed by atoms with Gasteiger partial charge in [-0.3, -0.25) is 9.59 Å². The molecule has 0 spiro atoms. The highest BCUT2D eigenvalue weighted by atomic mass is 16.5. The van der Waals surface area contributed by atoms with E-state index >= 15 is 0 Å². The molecule has 7 nitrogen and oxygen atoms in total. The zero-order valence-electron chi connectivity index (χ0n) is 16.1. The van der Waals surface area contributed by atoms with Crippen LogP contribution in [0.3, 0.4) is 0 Å². The Morgan fingerprint density at radius 2 is 1.89 bits per heavy atom. The molecule has 7 heteroatoms. The Kier molecular flexibility index (Phi) is 6.68. The summed E-state index contributed by atoms with van der Waals surface area (Å²) in [5.74, 6) is -0.0810. The number of anilines is 1. The zero-order chi connectivity index (χ0) is 19.2. The summed E-state index contributed by atoms with van der Waals surface area (Å²) in [6.45, 7) is 2.74. The highest BCUT2D eigenvalue weighted by Crippen LogP contribution is 2.23. The zero-order valence-corrected chi connectivity index (χ0v) is 16.1. The van der Waals surface area contributed by atoms with Gasteiger partial charge in [0.2, 0.25) is 5.91 Å². The fourth-order valence-corrected chi connectivity index (χ4v) is 3.63. The average molecular weight is 375 g/mol. The predicted molar refractivity (Wildman–Crippen MR) is 103 cm³/mol. The summed E-state index contributed by atoms with van der Waals surface area (Å²) >= 11 is 0. The van der Waals surface area contributed by atoms with Crippen molar-refractivity contribution in [1.82, 2.24) is 10.2 Å². The fraction of sp³-hybridized carbons (Fsp3) is 0.600. The van der Waals surface area contributed by atoms with Crippen molar-refractivity contribution in [2.75, 3.05) is 52.0 Å². The van der Waals surface area contributed by atoms with Gasteiger partial charge in [0.25, 0.3) is 5.91 Å². The molecule has 2 amide bonds. The largest absolute Gasteiger partial charge is 0.381 e. The lowest BCUT2D eigenvalue weighted by Crippen LogP contribution is -2.51. The van der Waals surface area contributed by atoms with Crippen molar-refractivity contribution in [2.24, 2.45) is 0 Å². The molecule has 1 N–H and O–H groups in total. The van der Waals surface area contributed by atoms with Gasteiger partial charge >= 0.3 is 0 Å². The second-order valence-electron chi connectivity index (χ2n) is 7.30. The third-order valence-corrected chi connectivity index (χ3v) is 5.11. The predicted octanol–water partition coefficient (Wildman–Crippen LogP) is 1.28. The van der Waals surface area contributed by atoms with E-state index in [-0.39, 0.29) is 30.3 Å². The van der Waals surface area contributed by atoms with Gasteiger partial charge in [0, 0.05) is 52.0 Å². The summed E-state index contributed by atoms with van der Waals surface area (Å²) < 4.78 is 10.9. The molecule has 2 fully saturated rings. The van der Waals surface area contributed by atoms with Crippen LogP contribution in [0, 0.1) is 0 Å². The van der Waals surface area contributed by atoms with E-state index < -0.39 is 0 Å². The number of benzene rings is 1. The van der Waals surface area contributed by atoms with E-state index in [9.17, 15) is 9.59 Å². The molecule has 0 radical (unpaired) electrons. The molecule has 1 aromatic rings. The van der Waals surface area contributed by atoms with Gasteiger partial charge in [0.15, 0.2) is 0 Å². The van der Waals surface area contributed by atoms with Crippen LogP contribution in [-0.2, 0) is 14.3 Å². The van der Waals surface area contributed by atoms with Crippen molar-refractivity contribution in [1.29, 1.82) is 0 Å². The third-order valence-electron chi connectivity index (χ3n) is 5.11. The number of nitrogens with one attached hydrogen (secondary N) is 1. The van der Waals surface area contributed by atoms with Crippen LogP contribution in [0.2, 0.25) is 0 Å². The summed E-state index contributed by atoms with van der Waals surface area (Å²) in [6.07, 6.45) is 1.94. The number of para-hydroxylation sites is 1. The second-order valence-corrected chi connectivity index (χ2v) is 7.30. The van der Waals surface area contributed by atoms with Crippen LogP contribution < -0.4 is 10.2 Å². The minimum atomic E-state index is -0.249. The molecule has 2 saturated heterocycles.